The van der Waals surface area contributed by atoms with Gasteiger partial charge in [-0.25, -0.2) is 4.79 Å². The van der Waals surface area contributed by atoms with E-state index in [1.807, 2.05) is 6.07 Å². The number of nitrogens with zero attached hydrogens (tertiary/aromatic N) is 1. The average molecular weight is 310 g/mol. The van der Waals surface area contributed by atoms with Crippen molar-refractivity contribution in [3.05, 3.63) is 28.8 Å². The van der Waals surface area contributed by atoms with Crippen molar-refractivity contribution in [3.63, 3.8) is 0 Å². The molecule has 0 saturated carbocycles. The van der Waals surface area contributed by atoms with Crippen LogP contribution in [0.1, 0.15) is 32.3 Å². The van der Waals surface area contributed by atoms with Gasteiger partial charge in [0.25, 0.3) is 0 Å². The van der Waals surface area contributed by atoms with Crippen LogP contribution in [0.4, 0.5) is 10.5 Å². The standard InChI is InChI=1S/C14H16ClN3O3/c1-14(2,6-5-12(19)20)18-13(21)17-10-4-3-9(8-16)11(15)7-10/h3-4,7H,5-6H2,1-2H3,(H,19,20)(H2,17,18,21). The molecule has 6 nitrogen and oxygen atoms in total. The van der Waals surface area contributed by atoms with Gasteiger partial charge in [-0.05, 0) is 38.5 Å². The molecule has 0 heterocycles. The molecule has 0 saturated heterocycles. The number of carboxylic acids is 1. The summed E-state index contributed by atoms with van der Waals surface area (Å²) in [4.78, 5) is 22.4. The first-order valence-electron chi connectivity index (χ1n) is 6.24. The van der Waals surface area contributed by atoms with Crippen LogP contribution < -0.4 is 10.6 Å². The third-order valence-corrected chi connectivity index (χ3v) is 3.08. The van der Waals surface area contributed by atoms with Crippen LogP contribution in [0.5, 0.6) is 0 Å². The molecular weight excluding hydrogens is 294 g/mol. The van der Waals surface area contributed by atoms with Crippen molar-refractivity contribution >= 4 is 29.3 Å². The molecule has 0 aromatic heterocycles. The van der Waals surface area contributed by atoms with Crippen LogP contribution in [0.15, 0.2) is 18.2 Å². The van der Waals surface area contributed by atoms with Crippen molar-refractivity contribution in [3.8, 4) is 6.07 Å². The van der Waals surface area contributed by atoms with Gasteiger partial charge in [-0.1, -0.05) is 11.6 Å². The van der Waals surface area contributed by atoms with Gasteiger partial charge in [-0.3, -0.25) is 4.79 Å². The van der Waals surface area contributed by atoms with Gasteiger partial charge < -0.3 is 15.7 Å². The normalized spacial score (nSPS) is 10.6. The molecule has 0 unspecified atom stereocenters. The molecule has 1 rings (SSSR count). The molecule has 0 bridgehead atoms. The third kappa shape index (κ3) is 5.71. The molecule has 2 amide bonds. The second-order valence-corrected chi connectivity index (χ2v) is 5.57. The molecule has 21 heavy (non-hydrogen) atoms. The monoisotopic (exact) mass is 309 g/mol. The van der Waals surface area contributed by atoms with E-state index in [-0.39, 0.29) is 11.4 Å². The maximum Gasteiger partial charge on any atom is 0.319 e. The first kappa shape index (κ1) is 16.8. The van der Waals surface area contributed by atoms with Crippen LogP contribution in [0.25, 0.3) is 0 Å². The Hall–Kier alpha value is -2.26. The number of aliphatic carboxylic acids is 1. The van der Waals surface area contributed by atoms with Crippen molar-refractivity contribution in [2.45, 2.75) is 32.2 Å². The molecule has 0 fully saturated rings. The van der Waals surface area contributed by atoms with Gasteiger partial charge >= 0.3 is 12.0 Å². The third-order valence-electron chi connectivity index (χ3n) is 2.76. The highest BCUT2D eigenvalue weighted by Crippen LogP contribution is 2.20. The Balaban J connectivity index is 2.63. The van der Waals surface area contributed by atoms with E-state index < -0.39 is 17.5 Å². The molecule has 0 spiro atoms. The molecule has 1 aromatic carbocycles. The van der Waals surface area contributed by atoms with Gasteiger partial charge in [0.15, 0.2) is 0 Å². The number of rotatable bonds is 5. The average Bonchev–Trinajstić information content (AvgIpc) is 2.36. The Morgan fingerprint density at radius 3 is 2.62 bits per heavy atom. The van der Waals surface area contributed by atoms with Gasteiger partial charge in [-0.15, -0.1) is 0 Å². The zero-order valence-electron chi connectivity index (χ0n) is 11.7. The first-order valence-corrected chi connectivity index (χ1v) is 6.62. The maximum absolute atomic E-state index is 11.9. The summed E-state index contributed by atoms with van der Waals surface area (Å²) >= 11 is 5.87. The lowest BCUT2D eigenvalue weighted by Crippen LogP contribution is -2.45. The zero-order valence-corrected chi connectivity index (χ0v) is 12.5. The minimum atomic E-state index is -0.913. The summed E-state index contributed by atoms with van der Waals surface area (Å²) in [6.07, 6.45) is 0.278. The highest BCUT2D eigenvalue weighted by atomic mass is 35.5. The van der Waals surface area contributed by atoms with Gasteiger partial charge in [0.1, 0.15) is 6.07 Å². The molecule has 1 aromatic rings. The highest BCUT2D eigenvalue weighted by Gasteiger charge is 2.21. The molecule has 0 aliphatic carbocycles. The van der Waals surface area contributed by atoms with Gasteiger partial charge in [-0.2, -0.15) is 5.26 Å². The van der Waals surface area contributed by atoms with E-state index in [2.05, 4.69) is 10.6 Å². The number of hydrogen-bond acceptors (Lipinski definition) is 3. The number of nitrogens with one attached hydrogen (secondary N) is 2. The molecule has 3 N–H and O–H groups in total. The number of halogens is 1. The van der Waals surface area contributed by atoms with Gasteiger partial charge in [0.2, 0.25) is 0 Å². The van der Waals surface area contributed by atoms with Crippen LogP contribution in [-0.4, -0.2) is 22.6 Å². The second-order valence-electron chi connectivity index (χ2n) is 5.16. The molecule has 0 aliphatic rings. The minimum absolute atomic E-state index is 0.0318. The van der Waals surface area contributed by atoms with Crippen molar-refractivity contribution in [1.29, 1.82) is 5.26 Å². The van der Waals surface area contributed by atoms with E-state index in [1.54, 1.807) is 19.9 Å². The van der Waals surface area contributed by atoms with Crippen molar-refractivity contribution in [2.75, 3.05) is 5.32 Å². The lowest BCUT2D eigenvalue weighted by atomic mass is 9.99. The number of carbonyl (C=O) groups is 2. The van der Waals surface area contributed by atoms with Crippen molar-refractivity contribution in [2.24, 2.45) is 0 Å². The summed E-state index contributed by atoms with van der Waals surface area (Å²) < 4.78 is 0. The smallest absolute Gasteiger partial charge is 0.319 e. The van der Waals surface area contributed by atoms with E-state index in [4.69, 9.17) is 22.0 Å². The first-order chi connectivity index (χ1) is 9.73. The van der Waals surface area contributed by atoms with Crippen LogP contribution in [-0.2, 0) is 4.79 Å². The zero-order chi connectivity index (χ0) is 16.0. The minimum Gasteiger partial charge on any atom is -0.481 e. The number of amides is 2. The number of nitriles is 1. The van der Waals surface area contributed by atoms with Crippen molar-refractivity contribution in [1.82, 2.24) is 5.32 Å². The number of hydrogen-bond donors (Lipinski definition) is 3. The maximum atomic E-state index is 11.9. The Bertz CT molecular complexity index is 594. The van der Waals surface area contributed by atoms with Gasteiger partial charge in [0, 0.05) is 17.6 Å². The molecule has 0 radical (unpaired) electrons. The lowest BCUT2D eigenvalue weighted by Gasteiger charge is -2.25. The SMILES string of the molecule is CC(C)(CCC(=O)O)NC(=O)Nc1ccc(C#N)c(Cl)c1. The molecule has 7 heteroatoms. The summed E-state index contributed by atoms with van der Waals surface area (Å²) in [5.74, 6) is -0.913. The largest absolute Gasteiger partial charge is 0.481 e. The molecular formula is C14H16ClN3O3. The summed E-state index contributed by atoms with van der Waals surface area (Å²) in [6, 6.07) is 6.01. The summed E-state index contributed by atoms with van der Waals surface area (Å²) in [7, 11) is 0. The van der Waals surface area contributed by atoms with E-state index >= 15 is 0 Å². The Labute approximate surface area is 127 Å². The van der Waals surface area contributed by atoms with E-state index in [0.29, 0.717) is 17.7 Å². The number of carbonyl (C=O) groups excluding carboxylic acids is 1. The summed E-state index contributed by atoms with van der Waals surface area (Å²) in [5.41, 5.74) is 0.119. The Kier molecular flexibility index (Phi) is 5.56. The quantitative estimate of drug-likeness (QED) is 0.778. The van der Waals surface area contributed by atoms with Crippen LogP contribution in [0, 0.1) is 11.3 Å². The summed E-state index contributed by atoms with van der Waals surface area (Å²) in [6.45, 7) is 3.47. The lowest BCUT2D eigenvalue weighted by molar-refractivity contribution is -0.137. The van der Waals surface area contributed by atoms with E-state index in [0.717, 1.165) is 0 Å². The second kappa shape index (κ2) is 6.95. The predicted molar refractivity (Wildman–Crippen MR) is 79.3 cm³/mol. The predicted octanol–water partition coefficient (Wildman–Crippen LogP) is 2.98. The fourth-order valence-electron chi connectivity index (χ4n) is 1.64. The van der Waals surface area contributed by atoms with Crippen LogP contribution in [0.2, 0.25) is 5.02 Å². The summed E-state index contributed by atoms with van der Waals surface area (Å²) in [5, 5.41) is 22.9. The van der Waals surface area contributed by atoms with E-state index in [1.165, 1.54) is 12.1 Å². The number of urea groups is 1. The molecule has 0 atom stereocenters. The van der Waals surface area contributed by atoms with Crippen LogP contribution >= 0.6 is 11.6 Å². The fraction of sp³-hybridized carbons (Fsp3) is 0.357. The molecule has 112 valence electrons. The Morgan fingerprint density at radius 1 is 1.43 bits per heavy atom. The number of anilines is 1. The molecule has 0 aliphatic heterocycles. The van der Waals surface area contributed by atoms with E-state index in [9.17, 15) is 9.59 Å². The topological polar surface area (TPSA) is 102 Å². The Morgan fingerprint density at radius 2 is 2.10 bits per heavy atom. The number of carboxylic acid groups (broad SMARTS) is 1. The highest BCUT2D eigenvalue weighted by molar-refractivity contribution is 6.32. The van der Waals surface area contributed by atoms with Crippen molar-refractivity contribution < 1.29 is 14.7 Å². The fourth-order valence-corrected chi connectivity index (χ4v) is 1.86. The number of benzene rings is 1. The van der Waals surface area contributed by atoms with Crippen LogP contribution in [0.3, 0.4) is 0 Å². The van der Waals surface area contributed by atoms with Gasteiger partial charge in [0.05, 0.1) is 10.6 Å².